The van der Waals surface area contributed by atoms with Crippen LogP contribution in [0.3, 0.4) is 0 Å². The van der Waals surface area contributed by atoms with Gasteiger partial charge in [0.25, 0.3) is 0 Å². The summed E-state index contributed by atoms with van der Waals surface area (Å²) in [6.07, 6.45) is 1.08. The Balaban J connectivity index is 1.48. The van der Waals surface area contributed by atoms with E-state index in [-0.39, 0.29) is 18.8 Å². The Bertz CT molecular complexity index is 1070. The number of aliphatic hydroxyl groups excluding tert-OH is 1. The summed E-state index contributed by atoms with van der Waals surface area (Å²) in [4.78, 5) is 18.2. The van der Waals surface area contributed by atoms with Gasteiger partial charge in [-0.2, -0.15) is 5.10 Å². The van der Waals surface area contributed by atoms with E-state index >= 15 is 0 Å². The molecule has 1 aliphatic rings. The van der Waals surface area contributed by atoms with Gasteiger partial charge in [0, 0.05) is 13.2 Å². The van der Waals surface area contributed by atoms with Gasteiger partial charge in [-0.1, -0.05) is 12.1 Å². The normalized spacial score (nSPS) is 17.3. The standard InChI is InChI=1S/C20H19F2N5O3/c1-26-18-16(6-3-7-23-18)30-11-15(20(26)29)24-19(28)17-14(22)10-27(25-17)9-12-4-2-5-13(21)8-12/h2-8,10,15,19,24,28H,9,11H2,1H3/t15-,19?/m0/s1. The zero-order valence-corrected chi connectivity index (χ0v) is 16.0. The van der Waals surface area contributed by atoms with E-state index in [0.29, 0.717) is 17.1 Å². The van der Waals surface area contributed by atoms with Gasteiger partial charge in [-0.15, -0.1) is 0 Å². The van der Waals surface area contributed by atoms with Crippen LogP contribution in [-0.2, 0) is 11.3 Å². The quantitative estimate of drug-likeness (QED) is 0.615. The first-order valence-corrected chi connectivity index (χ1v) is 9.19. The van der Waals surface area contributed by atoms with Crippen molar-refractivity contribution >= 4 is 11.7 Å². The molecule has 2 atom stereocenters. The average molecular weight is 415 g/mol. The van der Waals surface area contributed by atoms with Gasteiger partial charge in [0.05, 0.1) is 12.7 Å². The lowest BCUT2D eigenvalue weighted by molar-refractivity contribution is -0.121. The van der Waals surface area contributed by atoms with E-state index in [1.807, 2.05) is 0 Å². The highest BCUT2D eigenvalue weighted by molar-refractivity contribution is 5.97. The summed E-state index contributed by atoms with van der Waals surface area (Å²) in [6, 6.07) is 8.26. The number of benzene rings is 1. The Morgan fingerprint density at radius 1 is 1.33 bits per heavy atom. The van der Waals surface area contributed by atoms with Crippen molar-refractivity contribution in [3.63, 3.8) is 0 Å². The van der Waals surface area contributed by atoms with Gasteiger partial charge < -0.3 is 9.84 Å². The van der Waals surface area contributed by atoms with Crippen LogP contribution in [0.5, 0.6) is 5.75 Å². The number of anilines is 1. The number of nitrogens with zero attached hydrogens (tertiary/aromatic N) is 4. The summed E-state index contributed by atoms with van der Waals surface area (Å²) in [5, 5.41) is 17.1. The number of carbonyl (C=O) groups excluding carboxylic acids is 1. The van der Waals surface area contributed by atoms with Crippen molar-refractivity contribution in [3.05, 3.63) is 71.7 Å². The van der Waals surface area contributed by atoms with Crippen LogP contribution < -0.4 is 15.0 Å². The van der Waals surface area contributed by atoms with Crippen LogP contribution in [0, 0.1) is 11.6 Å². The Morgan fingerprint density at radius 3 is 2.97 bits per heavy atom. The summed E-state index contributed by atoms with van der Waals surface area (Å²) < 4.78 is 34.6. The van der Waals surface area contributed by atoms with Crippen molar-refractivity contribution in [2.75, 3.05) is 18.6 Å². The predicted octanol–water partition coefficient (Wildman–Crippen LogP) is 1.61. The summed E-state index contributed by atoms with van der Waals surface area (Å²) in [6.45, 7) is 0.0428. The van der Waals surface area contributed by atoms with Crippen LogP contribution in [0.25, 0.3) is 0 Å². The molecule has 0 radical (unpaired) electrons. The van der Waals surface area contributed by atoms with E-state index in [4.69, 9.17) is 4.74 Å². The molecular formula is C20H19F2N5O3. The molecule has 1 aliphatic heterocycles. The first-order chi connectivity index (χ1) is 14.4. The van der Waals surface area contributed by atoms with E-state index < -0.39 is 29.8 Å². The van der Waals surface area contributed by atoms with Gasteiger partial charge in [0.1, 0.15) is 24.2 Å². The summed E-state index contributed by atoms with van der Waals surface area (Å²) in [5.74, 6) is -0.782. The molecule has 0 saturated carbocycles. The second-order valence-electron chi connectivity index (χ2n) is 6.84. The number of hydrogen-bond acceptors (Lipinski definition) is 6. The summed E-state index contributed by atoms with van der Waals surface area (Å²) in [7, 11) is 1.54. The Morgan fingerprint density at radius 2 is 2.17 bits per heavy atom. The highest BCUT2D eigenvalue weighted by atomic mass is 19.1. The van der Waals surface area contributed by atoms with Crippen LogP contribution in [0.1, 0.15) is 17.5 Å². The average Bonchev–Trinajstić information content (AvgIpc) is 3.04. The lowest BCUT2D eigenvalue weighted by atomic mass is 10.2. The fourth-order valence-electron chi connectivity index (χ4n) is 3.22. The van der Waals surface area contributed by atoms with E-state index in [1.165, 1.54) is 35.0 Å². The molecule has 8 nitrogen and oxygen atoms in total. The minimum atomic E-state index is -1.56. The first-order valence-electron chi connectivity index (χ1n) is 9.19. The number of ether oxygens (including phenoxy) is 1. The van der Waals surface area contributed by atoms with Gasteiger partial charge in [0.2, 0.25) is 5.91 Å². The molecule has 10 heteroatoms. The number of nitrogens with one attached hydrogen (secondary N) is 1. The SMILES string of the molecule is CN1C(=O)[C@@H](NC(O)c2nn(Cc3cccc(F)c3)cc2F)COc2cccnc21. The number of aliphatic hydroxyl groups is 1. The van der Waals surface area contributed by atoms with Crippen LogP contribution in [0.15, 0.2) is 48.8 Å². The third-order valence-electron chi connectivity index (χ3n) is 4.70. The number of likely N-dealkylation sites (N-methyl/N-ethyl adjacent to an activating group) is 1. The van der Waals surface area contributed by atoms with Crippen molar-refractivity contribution in [3.8, 4) is 5.75 Å². The Labute approximate surface area is 170 Å². The molecule has 30 heavy (non-hydrogen) atoms. The van der Waals surface area contributed by atoms with Crippen molar-refractivity contribution in [2.24, 2.45) is 0 Å². The monoisotopic (exact) mass is 415 g/mol. The number of halogens is 2. The molecule has 0 bridgehead atoms. The number of hydrogen-bond donors (Lipinski definition) is 2. The molecule has 0 fully saturated rings. The Kier molecular flexibility index (Phi) is 5.42. The number of pyridine rings is 1. The van der Waals surface area contributed by atoms with Crippen LogP contribution in [0.4, 0.5) is 14.6 Å². The molecule has 0 aliphatic carbocycles. The number of fused-ring (bicyclic) bond motifs is 1. The molecule has 1 aromatic carbocycles. The van der Waals surface area contributed by atoms with Gasteiger partial charge in [-0.05, 0) is 29.8 Å². The summed E-state index contributed by atoms with van der Waals surface area (Å²) >= 11 is 0. The number of carbonyl (C=O) groups is 1. The third-order valence-corrected chi connectivity index (χ3v) is 4.70. The second kappa shape index (κ2) is 8.17. The van der Waals surface area contributed by atoms with Gasteiger partial charge in [0.15, 0.2) is 23.6 Å². The number of rotatable bonds is 5. The fraction of sp³-hybridized carbons (Fsp3) is 0.250. The molecular weight excluding hydrogens is 396 g/mol. The van der Waals surface area contributed by atoms with E-state index in [0.717, 1.165) is 6.20 Å². The maximum Gasteiger partial charge on any atom is 0.248 e. The molecule has 0 saturated heterocycles. The smallest absolute Gasteiger partial charge is 0.248 e. The van der Waals surface area contributed by atoms with Crippen LogP contribution in [0.2, 0.25) is 0 Å². The Hall–Kier alpha value is -3.37. The minimum Gasteiger partial charge on any atom is -0.488 e. The lowest BCUT2D eigenvalue weighted by Gasteiger charge is -2.21. The van der Waals surface area contributed by atoms with Crippen molar-refractivity contribution < 1.29 is 23.4 Å². The molecule has 1 amide bonds. The molecule has 1 unspecified atom stereocenters. The number of amides is 1. The fourth-order valence-corrected chi connectivity index (χ4v) is 3.22. The molecule has 0 spiro atoms. The lowest BCUT2D eigenvalue weighted by Crippen LogP contribution is -2.48. The van der Waals surface area contributed by atoms with Crippen LogP contribution >= 0.6 is 0 Å². The molecule has 3 aromatic rings. The van der Waals surface area contributed by atoms with Crippen molar-refractivity contribution in [2.45, 2.75) is 18.8 Å². The van der Waals surface area contributed by atoms with Gasteiger partial charge in [-0.3, -0.25) is 19.7 Å². The van der Waals surface area contributed by atoms with Gasteiger partial charge in [-0.25, -0.2) is 13.8 Å². The highest BCUT2D eigenvalue weighted by Crippen LogP contribution is 2.28. The van der Waals surface area contributed by atoms with E-state index in [9.17, 15) is 18.7 Å². The second-order valence-corrected chi connectivity index (χ2v) is 6.84. The van der Waals surface area contributed by atoms with Crippen molar-refractivity contribution in [1.29, 1.82) is 0 Å². The van der Waals surface area contributed by atoms with Gasteiger partial charge >= 0.3 is 0 Å². The first kappa shape index (κ1) is 19.9. The van der Waals surface area contributed by atoms with Crippen LogP contribution in [-0.4, -0.2) is 45.5 Å². The maximum atomic E-state index is 14.4. The van der Waals surface area contributed by atoms with E-state index in [1.54, 1.807) is 24.3 Å². The zero-order valence-electron chi connectivity index (χ0n) is 16.0. The molecule has 2 aromatic heterocycles. The maximum absolute atomic E-state index is 14.4. The van der Waals surface area contributed by atoms with Crippen molar-refractivity contribution in [1.82, 2.24) is 20.1 Å². The highest BCUT2D eigenvalue weighted by Gasteiger charge is 2.32. The third kappa shape index (κ3) is 4.00. The molecule has 2 N–H and O–H groups in total. The van der Waals surface area contributed by atoms with E-state index in [2.05, 4.69) is 15.4 Å². The summed E-state index contributed by atoms with van der Waals surface area (Å²) in [5.41, 5.74) is 0.312. The zero-order chi connectivity index (χ0) is 21.3. The predicted molar refractivity (Wildman–Crippen MR) is 103 cm³/mol. The number of aromatic nitrogens is 3. The largest absolute Gasteiger partial charge is 0.488 e. The molecule has 3 heterocycles. The molecule has 156 valence electrons. The molecule has 4 rings (SSSR count). The minimum absolute atomic E-state index is 0.0788. The topological polar surface area (TPSA) is 92.5 Å².